The monoisotopic (exact) mass is 556 g/mol. The molecule has 1 aromatic heterocycles. The molecule has 2 fully saturated rings. The molecule has 1 aliphatic carbocycles. The first-order valence-electron chi connectivity index (χ1n) is 13.9. The van der Waals surface area contributed by atoms with Gasteiger partial charge in [0.15, 0.2) is 5.82 Å². The SMILES string of the molecule is CNC(=O)[C@H]1CCCC[C@H]1C(=O)N1CCc2c(Cl)ccc(OCc3nnc(C)n3C)c2C1CN1CCCC1=O. The van der Waals surface area contributed by atoms with Crippen molar-refractivity contribution < 1.29 is 19.1 Å². The second-order valence-electron chi connectivity index (χ2n) is 10.8. The van der Waals surface area contributed by atoms with E-state index in [1.807, 2.05) is 40.5 Å². The van der Waals surface area contributed by atoms with Gasteiger partial charge in [-0.25, -0.2) is 0 Å². The fourth-order valence-electron chi connectivity index (χ4n) is 6.32. The van der Waals surface area contributed by atoms with Crippen LogP contribution < -0.4 is 10.1 Å². The fourth-order valence-corrected chi connectivity index (χ4v) is 6.58. The Kier molecular flexibility index (Phi) is 8.11. The molecule has 0 spiro atoms. The van der Waals surface area contributed by atoms with Crippen LogP contribution in [0.4, 0.5) is 0 Å². The Balaban J connectivity index is 1.51. The Hall–Kier alpha value is -3.14. The van der Waals surface area contributed by atoms with Crippen LogP contribution in [0, 0.1) is 18.8 Å². The van der Waals surface area contributed by atoms with E-state index < -0.39 is 6.04 Å². The van der Waals surface area contributed by atoms with Crippen molar-refractivity contribution in [1.29, 1.82) is 0 Å². The van der Waals surface area contributed by atoms with E-state index in [1.54, 1.807) is 7.05 Å². The van der Waals surface area contributed by atoms with Crippen molar-refractivity contribution >= 4 is 29.3 Å². The number of halogens is 1. The van der Waals surface area contributed by atoms with Gasteiger partial charge in [-0.3, -0.25) is 14.4 Å². The minimum absolute atomic E-state index is 0.0274. The van der Waals surface area contributed by atoms with Crippen LogP contribution in [0.2, 0.25) is 5.02 Å². The van der Waals surface area contributed by atoms with Gasteiger partial charge in [-0.15, -0.1) is 10.2 Å². The van der Waals surface area contributed by atoms with Gasteiger partial charge in [-0.1, -0.05) is 24.4 Å². The molecule has 1 saturated carbocycles. The zero-order chi connectivity index (χ0) is 27.7. The second kappa shape index (κ2) is 11.5. The number of fused-ring (bicyclic) bond motifs is 1. The van der Waals surface area contributed by atoms with Crippen molar-refractivity contribution in [2.45, 2.75) is 64.5 Å². The first kappa shape index (κ1) is 27.4. The van der Waals surface area contributed by atoms with Gasteiger partial charge in [0.2, 0.25) is 17.7 Å². The third kappa shape index (κ3) is 5.35. The number of carbonyl (C=O) groups is 3. The zero-order valence-corrected chi connectivity index (χ0v) is 23.7. The summed E-state index contributed by atoms with van der Waals surface area (Å²) >= 11 is 6.71. The smallest absolute Gasteiger partial charge is 0.227 e. The molecule has 3 aliphatic rings. The van der Waals surface area contributed by atoms with Crippen LogP contribution in [0.15, 0.2) is 12.1 Å². The lowest BCUT2D eigenvalue weighted by Gasteiger charge is -2.43. The predicted molar refractivity (Wildman–Crippen MR) is 145 cm³/mol. The number of hydrogen-bond donors (Lipinski definition) is 1. The summed E-state index contributed by atoms with van der Waals surface area (Å²) in [6.07, 6.45) is 5.12. The van der Waals surface area contributed by atoms with Gasteiger partial charge >= 0.3 is 0 Å². The van der Waals surface area contributed by atoms with Gasteiger partial charge in [0.1, 0.15) is 18.2 Å². The number of rotatable bonds is 7. The molecular formula is C28H37ClN6O4. The number of nitrogens with one attached hydrogen (secondary N) is 1. The summed E-state index contributed by atoms with van der Waals surface area (Å²) in [5, 5.41) is 11.7. The standard InChI is InChI=1S/C28H37ClN6O4/c1-17-31-32-24(33(17)3)16-39-23-11-10-21(29)20-12-14-35(22(26(20)23)15-34-13-6-9-25(34)36)28(38)19-8-5-4-7-18(19)27(37)30-2/h10-11,18-19,22H,4-9,12-16H2,1-3H3,(H,30,37)/t18-,19+,22?/m0/s1. The third-order valence-corrected chi connectivity index (χ3v) is 8.98. The van der Waals surface area contributed by atoms with Gasteiger partial charge in [0.05, 0.1) is 6.04 Å². The zero-order valence-electron chi connectivity index (χ0n) is 22.9. The predicted octanol–water partition coefficient (Wildman–Crippen LogP) is 2.96. The molecule has 1 N–H and O–H groups in total. The number of hydrogen-bond acceptors (Lipinski definition) is 6. The second-order valence-corrected chi connectivity index (χ2v) is 11.2. The average Bonchev–Trinajstić information content (AvgIpc) is 3.51. The largest absolute Gasteiger partial charge is 0.485 e. The van der Waals surface area contributed by atoms with E-state index >= 15 is 0 Å². The maximum absolute atomic E-state index is 14.2. The number of likely N-dealkylation sites (tertiary alicyclic amines) is 1. The highest BCUT2D eigenvalue weighted by molar-refractivity contribution is 6.31. The molecular weight excluding hydrogens is 520 g/mol. The number of nitrogens with zero attached hydrogens (tertiary/aromatic N) is 5. The van der Waals surface area contributed by atoms with Gasteiger partial charge in [-0.2, -0.15) is 0 Å². The maximum atomic E-state index is 14.2. The lowest BCUT2D eigenvalue weighted by atomic mass is 9.77. The van der Waals surface area contributed by atoms with Crippen LogP contribution in [0.5, 0.6) is 5.75 Å². The molecule has 3 amide bonds. The van der Waals surface area contributed by atoms with E-state index in [-0.39, 0.29) is 36.2 Å². The van der Waals surface area contributed by atoms with Crippen LogP contribution in [-0.2, 0) is 34.5 Å². The normalized spacial score (nSPS) is 23.1. The third-order valence-electron chi connectivity index (χ3n) is 8.63. The summed E-state index contributed by atoms with van der Waals surface area (Å²) in [7, 11) is 3.52. The van der Waals surface area contributed by atoms with E-state index in [2.05, 4.69) is 15.5 Å². The summed E-state index contributed by atoms with van der Waals surface area (Å²) in [6.45, 7) is 3.59. The minimum Gasteiger partial charge on any atom is -0.485 e. The summed E-state index contributed by atoms with van der Waals surface area (Å²) in [4.78, 5) is 43.4. The fraction of sp³-hybridized carbons (Fsp3) is 0.607. The Morgan fingerprint density at radius 1 is 1.10 bits per heavy atom. The van der Waals surface area contributed by atoms with Gasteiger partial charge in [-0.05, 0) is 50.3 Å². The molecule has 210 valence electrons. The number of aromatic nitrogens is 3. The van der Waals surface area contributed by atoms with Gasteiger partial charge < -0.3 is 24.4 Å². The number of carbonyl (C=O) groups excluding carboxylic acids is 3. The lowest BCUT2D eigenvalue weighted by Crippen LogP contribution is -2.50. The van der Waals surface area contributed by atoms with Crippen LogP contribution in [-0.4, -0.2) is 69.0 Å². The summed E-state index contributed by atoms with van der Waals surface area (Å²) in [5.74, 6) is 1.34. The number of ether oxygens (including phenoxy) is 1. The molecule has 1 unspecified atom stereocenters. The Morgan fingerprint density at radius 3 is 2.54 bits per heavy atom. The molecule has 1 aromatic carbocycles. The van der Waals surface area contributed by atoms with E-state index in [0.717, 1.165) is 36.2 Å². The van der Waals surface area contributed by atoms with Gasteiger partial charge in [0.25, 0.3) is 0 Å². The molecule has 11 heteroatoms. The molecule has 3 atom stereocenters. The molecule has 0 radical (unpaired) electrons. The van der Waals surface area contributed by atoms with Crippen molar-refractivity contribution in [3.8, 4) is 5.75 Å². The quantitative estimate of drug-likeness (QED) is 0.561. The van der Waals surface area contributed by atoms with Gasteiger partial charge in [0, 0.05) is 62.6 Å². The lowest BCUT2D eigenvalue weighted by molar-refractivity contribution is -0.147. The number of amides is 3. The maximum Gasteiger partial charge on any atom is 0.227 e. The Bertz CT molecular complexity index is 1260. The highest BCUT2D eigenvalue weighted by Gasteiger charge is 2.43. The highest BCUT2D eigenvalue weighted by atomic mass is 35.5. The van der Waals surface area contributed by atoms with Crippen LogP contribution >= 0.6 is 11.6 Å². The van der Waals surface area contributed by atoms with Crippen molar-refractivity contribution in [2.75, 3.05) is 26.7 Å². The van der Waals surface area contributed by atoms with E-state index in [1.165, 1.54) is 0 Å². The molecule has 10 nitrogen and oxygen atoms in total. The average molecular weight is 557 g/mol. The Morgan fingerprint density at radius 2 is 1.87 bits per heavy atom. The molecule has 39 heavy (non-hydrogen) atoms. The first-order chi connectivity index (χ1) is 18.8. The topological polar surface area (TPSA) is 110 Å². The molecule has 3 heterocycles. The van der Waals surface area contributed by atoms with Crippen LogP contribution in [0.3, 0.4) is 0 Å². The molecule has 1 saturated heterocycles. The van der Waals surface area contributed by atoms with Crippen molar-refractivity contribution in [3.05, 3.63) is 39.9 Å². The van der Waals surface area contributed by atoms with E-state index in [9.17, 15) is 14.4 Å². The van der Waals surface area contributed by atoms with Crippen LogP contribution in [0.25, 0.3) is 0 Å². The van der Waals surface area contributed by atoms with Crippen molar-refractivity contribution in [3.63, 3.8) is 0 Å². The van der Waals surface area contributed by atoms with E-state index in [0.29, 0.717) is 61.9 Å². The van der Waals surface area contributed by atoms with Crippen molar-refractivity contribution in [2.24, 2.45) is 18.9 Å². The number of aryl methyl sites for hydroxylation is 1. The molecule has 2 aliphatic heterocycles. The Labute approximate surface area is 234 Å². The number of benzene rings is 1. The summed E-state index contributed by atoms with van der Waals surface area (Å²) in [6, 6.07) is 3.24. The minimum atomic E-state index is -0.425. The molecule has 2 aromatic rings. The van der Waals surface area contributed by atoms with Crippen molar-refractivity contribution in [1.82, 2.24) is 29.9 Å². The molecule has 0 bridgehead atoms. The van der Waals surface area contributed by atoms with E-state index in [4.69, 9.17) is 16.3 Å². The summed E-state index contributed by atoms with van der Waals surface area (Å²) < 4.78 is 8.20. The van der Waals surface area contributed by atoms with Crippen LogP contribution in [0.1, 0.15) is 67.3 Å². The summed E-state index contributed by atoms with van der Waals surface area (Å²) in [5.41, 5.74) is 1.78. The highest BCUT2D eigenvalue weighted by Crippen LogP contribution is 2.43. The molecule has 5 rings (SSSR count). The first-order valence-corrected chi connectivity index (χ1v) is 14.3.